The number of ketones is 1. The minimum atomic E-state index is -0.674. The Bertz CT molecular complexity index is 1130. The Morgan fingerprint density at radius 1 is 1.27 bits per heavy atom. The van der Waals surface area contributed by atoms with Gasteiger partial charge >= 0.3 is 0 Å². The number of hydrogen-bond acceptors (Lipinski definition) is 5. The maximum Gasteiger partial charge on any atom is 0.205 e. The first-order valence-electron chi connectivity index (χ1n) is 9.48. The molecule has 2 N–H and O–H groups in total. The van der Waals surface area contributed by atoms with Crippen LogP contribution in [0.25, 0.3) is 0 Å². The number of hydrogen-bond donors (Lipinski definition) is 1. The Balaban J connectivity index is 1.78. The Morgan fingerprint density at radius 3 is 2.87 bits per heavy atom. The average molecular weight is 469 g/mol. The predicted octanol–water partition coefficient (Wildman–Crippen LogP) is 4.98. The molecule has 30 heavy (non-hydrogen) atoms. The molecule has 0 spiro atoms. The normalized spacial score (nSPS) is 18.6. The van der Waals surface area contributed by atoms with Crippen LogP contribution >= 0.6 is 15.9 Å². The number of nitriles is 1. The van der Waals surface area contributed by atoms with Crippen molar-refractivity contribution < 1.29 is 18.7 Å². The molecular formula is C23H18BrFN2O3. The molecule has 0 aromatic heterocycles. The molecule has 1 aliphatic carbocycles. The summed E-state index contributed by atoms with van der Waals surface area (Å²) in [6, 6.07) is 13.6. The van der Waals surface area contributed by atoms with E-state index in [-0.39, 0.29) is 29.7 Å². The van der Waals surface area contributed by atoms with Crippen LogP contribution in [0.5, 0.6) is 5.75 Å². The molecule has 0 fully saturated rings. The van der Waals surface area contributed by atoms with Gasteiger partial charge in [0.15, 0.2) is 5.78 Å². The number of nitrogens with zero attached hydrogens (tertiary/aromatic N) is 1. The number of carbonyl (C=O) groups is 1. The SMILES string of the molecule is N#CC1=C(N)OC2=C(C(=O)CCC2)[C@@H]1c1cc(Br)ccc1OCc1cccc(F)c1. The maximum atomic E-state index is 13.5. The van der Waals surface area contributed by atoms with Crippen molar-refractivity contribution in [1.82, 2.24) is 0 Å². The predicted molar refractivity (Wildman–Crippen MR) is 111 cm³/mol. The summed E-state index contributed by atoms with van der Waals surface area (Å²) in [5.41, 5.74) is 7.97. The van der Waals surface area contributed by atoms with Crippen molar-refractivity contribution in [2.45, 2.75) is 31.8 Å². The second-order valence-electron chi connectivity index (χ2n) is 7.14. The molecular weight excluding hydrogens is 451 g/mol. The summed E-state index contributed by atoms with van der Waals surface area (Å²) >= 11 is 3.46. The maximum absolute atomic E-state index is 13.5. The van der Waals surface area contributed by atoms with Crippen LogP contribution in [0, 0.1) is 17.1 Å². The zero-order chi connectivity index (χ0) is 21.3. The molecule has 2 aromatic carbocycles. The van der Waals surface area contributed by atoms with Crippen LogP contribution in [0.15, 0.2) is 69.7 Å². The number of nitrogens with two attached hydrogens (primary N) is 1. The van der Waals surface area contributed by atoms with Gasteiger partial charge in [-0.2, -0.15) is 5.26 Å². The van der Waals surface area contributed by atoms with E-state index in [1.807, 2.05) is 6.07 Å². The quantitative estimate of drug-likeness (QED) is 0.683. The van der Waals surface area contributed by atoms with E-state index in [1.54, 1.807) is 24.3 Å². The largest absolute Gasteiger partial charge is 0.489 e. The number of Topliss-reactive ketones (excluding diaryl/α,β-unsaturated/α-hetero) is 1. The minimum Gasteiger partial charge on any atom is -0.489 e. The van der Waals surface area contributed by atoms with Gasteiger partial charge in [-0.15, -0.1) is 0 Å². The molecule has 7 heteroatoms. The third-order valence-electron chi connectivity index (χ3n) is 5.17. The molecule has 1 heterocycles. The molecule has 4 rings (SSSR count). The molecule has 0 bridgehead atoms. The lowest BCUT2D eigenvalue weighted by atomic mass is 9.77. The molecule has 5 nitrogen and oxygen atoms in total. The fraction of sp³-hybridized carbons (Fsp3) is 0.217. The van der Waals surface area contributed by atoms with Crippen LogP contribution in [0.2, 0.25) is 0 Å². The minimum absolute atomic E-state index is 0.00649. The third kappa shape index (κ3) is 3.83. The summed E-state index contributed by atoms with van der Waals surface area (Å²) < 4.78 is 25.9. The first kappa shape index (κ1) is 20.2. The molecule has 0 saturated heterocycles. The Hall–Kier alpha value is -3.11. The van der Waals surface area contributed by atoms with E-state index in [4.69, 9.17) is 15.2 Å². The van der Waals surface area contributed by atoms with Crippen molar-refractivity contribution in [3.8, 4) is 11.8 Å². The number of carbonyl (C=O) groups excluding carboxylic acids is 1. The highest BCUT2D eigenvalue weighted by atomic mass is 79.9. The van der Waals surface area contributed by atoms with Crippen LogP contribution in [0.1, 0.15) is 36.3 Å². The van der Waals surface area contributed by atoms with Crippen molar-refractivity contribution in [2.24, 2.45) is 5.73 Å². The van der Waals surface area contributed by atoms with Gasteiger partial charge in [0.1, 0.15) is 35.6 Å². The number of ether oxygens (including phenoxy) is 2. The average Bonchev–Trinajstić information content (AvgIpc) is 2.72. The van der Waals surface area contributed by atoms with Gasteiger partial charge in [0, 0.05) is 28.5 Å². The van der Waals surface area contributed by atoms with Gasteiger partial charge < -0.3 is 15.2 Å². The summed E-state index contributed by atoms with van der Waals surface area (Å²) in [5, 5.41) is 9.77. The van der Waals surface area contributed by atoms with Crippen LogP contribution < -0.4 is 10.5 Å². The van der Waals surface area contributed by atoms with Crippen molar-refractivity contribution >= 4 is 21.7 Å². The second-order valence-corrected chi connectivity index (χ2v) is 8.05. The molecule has 1 aliphatic heterocycles. The molecule has 1 atom stereocenters. The van der Waals surface area contributed by atoms with E-state index in [2.05, 4.69) is 22.0 Å². The van der Waals surface area contributed by atoms with E-state index in [0.29, 0.717) is 47.5 Å². The fourth-order valence-electron chi connectivity index (χ4n) is 3.83. The van der Waals surface area contributed by atoms with E-state index in [9.17, 15) is 14.4 Å². The van der Waals surface area contributed by atoms with Gasteiger partial charge in [-0.3, -0.25) is 4.79 Å². The Kier molecular flexibility index (Phi) is 5.60. The van der Waals surface area contributed by atoms with Crippen LogP contribution in [-0.2, 0) is 16.1 Å². The lowest BCUT2D eigenvalue weighted by Gasteiger charge is -2.31. The van der Waals surface area contributed by atoms with E-state index < -0.39 is 5.92 Å². The van der Waals surface area contributed by atoms with Gasteiger partial charge in [0.2, 0.25) is 5.88 Å². The standard InChI is InChI=1S/C23H18BrFN2O3/c24-14-7-8-19(29-12-13-3-1-4-15(25)9-13)16(10-14)21-17(11-26)23(27)30-20-6-2-5-18(28)22(20)21/h1,3-4,7-10,21H,2,5-6,12,27H2/t21-/m1/s1. The van der Waals surface area contributed by atoms with Gasteiger partial charge in [0.05, 0.1) is 5.92 Å². The lowest BCUT2D eigenvalue weighted by Crippen LogP contribution is -2.27. The molecule has 0 unspecified atom stereocenters. The first-order chi connectivity index (χ1) is 14.5. The fourth-order valence-corrected chi connectivity index (χ4v) is 4.21. The number of benzene rings is 2. The van der Waals surface area contributed by atoms with E-state index >= 15 is 0 Å². The zero-order valence-corrected chi connectivity index (χ0v) is 17.5. The molecule has 2 aromatic rings. The van der Waals surface area contributed by atoms with Crippen LogP contribution in [0.4, 0.5) is 4.39 Å². The summed E-state index contributed by atoms with van der Waals surface area (Å²) in [6.45, 7) is 0.135. The number of rotatable bonds is 4. The van der Waals surface area contributed by atoms with Gasteiger partial charge in [0.25, 0.3) is 0 Å². The summed E-state index contributed by atoms with van der Waals surface area (Å²) in [5.74, 6) is -0.0679. The van der Waals surface area contributed by atoms with Crippen molar-refractivity contribution in [3.05, 3.63) is 86.7 Å². The van der Waals surface area contributed by atoms with E-state index in [1.165, 1.54) is 12.1 Å². The molecule has 0 amide bonds. The van der Waals surface area contributed by atoms with Crippen molar-refractivity contribution in [1.29, 1.82) is 5.26 Å². The second kappa shape index (κ2) is 8.33. The number of halogens is 2. The highest BCUT2D eigenvalue weighted by Crippen LogP contribution is 2.46. The third-order valence-corrected chi connectivity index (χ3v) is 5.66. The van der Waals surface area contributed by atoms with Gasteiger partial charge in [-0.25, -0.2) is 4.39 Å². The van der Waals surface area contributed by atoms with Crippen LogP contribution in [-0.4, -0.2) is 5.78 Å². The Morgan fingerprint density at radius 2 is 2.10 bits per heavy atom. The van der Waals surface area contributed by atoms with Crippen molar-refractivity contribution in [3.63, 3.8) is 0 Å². The molecule has 0 saturated carbocycles. The topological polar surface area (TPSA) is 85.3 Å². The first-order valence-corrected chi connectivity index (χ1v) is 10.3. The van der Waals surface area contributed by atoms with Crippen molar-refractivity contribution in [2.75, 3.05) is 0 Å². The van der Waals surface area contributed by atoms with Gasteiger partial charge in [-0.1, -0.05) is 28.1 Å². The van der Waals surface area contributed by atoms with Crippen LogP contribution in [0.3, 0.4) is 0 Å². The lowest BCUT2D eigenvalue weighted by molar-refractivity contribution is -0.116. The Labute approximate surface area is 181 Å². The smallest absolute Gasteiger partial charge is 0.205 e. The number of allylic oxidation sites excluding steroid dienone is 3. The summed E-state index contributed by atoms with van der Waals surface area (Å²) in [4.78, 5) is 12.8. The molecule has 2 aliphatic rings. The zero-order valence-electron chi connectivity index (χ0n) is 16.0. The highest BCUT2D eigenvalue weighted by molar-refractivity contribution is 9.10. The summed E-state index contributed by atoms with van der Waals surface area (Å²) in [7, 11) is 0. The highest BCUT2D eigenvalue weighted by Gasteiger charge is 2.39. The molecule has 0 radical (unpaired) electrons. The van der Waals surface area contributed by atoms with Gasteiger partial charge in [-0.05, 0) is 42.3 Å². The summed E-state index contributed by atoms with van der Waals surface area (Å²) in [6.07, 6.45) is 1.66. The molecule has 152 valence electrons. The van der Waals surface area contributed by atoms with E-state index in [0.717, 1.165) is 4.47 Å². The monoisotopic (exact) mass is 468 g/mol.